The summed E-state index contributed by atoms with van der Waals surface area (Å²) in [4.78, 5) is 0. The molecular weight excluding hydrogens is 250 g/mol. The van der Waals surface area contributed by atoms with E-state index < -0.39 is 15.1 Å². The third kappa shape index (κ3) is 5.06. The van der Waals surface area contributed by atoms with E-state index in [2.05, 4.69) is 5.32 Å². The van der Waals surface area contributed by atoms with Gasteiger partial charge in [-0.1, -0.05) is 18.2 Å². The summed E-state index contributed by atoms with van der Waals surface area (Å²) >= 11 is 0. The van der Waals surface area contributed by atoms with Gasteiger partial charge < -0.3 is 10.1 Å². The van der Waals surface area contributed by atoms with Crippen LogP contribution in [-0.2, 0) is 14.6 Å². The van der Waals surface area contributed by atoms with Crippen LogP contribution in [-0.4, -0.2) is 39.7 Å². The molecule has 0 aliphatic heterocycles. The highest BCUT2D eigenvalue weighted by Crippen LogP contribution is 2.08. The lowest BCUT2D eigenvalue weighted by Crippen LogP contribution is -2.28. The molecule has 0 fully saturated rings. The maximum absolute atomic E-state index is 11.9. The molecule has 0 aromatic heterocycles. The van der Waals surface area contributed by atoms with Crippen molar-refractivity contribution in [2.75, 3.05) is 31.3 Å². The fourth-order valence-corrected chi connectivity index (χ4v) is 2.81. The number of sulfone groups is 1. The third-order valence-corrected chi connectivity index (χ3v) is 5.01. The van der Waals surface area contributed by atoms with Crippen LogP contribution in [0.5, 0.6) is 0 Å². The Kier molecular flexibility index (Phi) is 6.15. The summed E-state index contributed by atoms with van der Waals surface area (Å²) in [6, 6.07) is 9.60. The minimum atomic E-state index is -3.05. The highest BCUT2D eigenvalue weighted by atomic mass is 32.2. The Morgan fingerprint density at radius 2 is 1.94 bits per heavy atom. The quantitative estimate of drug-likeness (QED) is 0.734. The first-order valence-corrected chi connectivity index (χ1v) is 7.77. The molecule has 0 aliphatic carbocycles. The van der Waals surface area contributed by atoms with Crippen molar-refractivity contribution in [1.82, 2.24) is 0 Å². The summed E-state index contributed by atoms with van der Waals surface area (Å²) in [5.74, 6) is 0.179. The summed E-state index contributed by atoms with van der Waals surface area (Å²) < 4.78 is 28.7. The van der Waals surface area contributed by atoms with E-state index in [0.29, 0.717) is 19.6 Å². The van der Waals surface area contributed by atoms with Gasteiger partial charge in [-0.15, -0.1) is 0 Å². The second kappa shape index (κ2) is 7.38. The number of hydrogen-bond acceptors (Lipinski definition) is 4. The molecule has 0 spiro atoms. The molecule has 0 radical (unpaired) electrons. The van der Waals surface area contributed by atoms with Crippen LogP contribution in [0.1, 0.15) is 13.3 Å². The molecule has 1 unspecified atom stereocenters. The van der Waals surface area contributed by atoms with E-state index in [1.54, 1.807) is 14.0 Å². The Hall–Kier alpha value is -1.07. The zero-order valence-electron chi connectivity index (χ0n) is 10.9. The van der Waals surface area contributed by atoms with Gasteiger partial charge in [0.2, 0.25) is 0 Å². The molecule has 1 N–H and O–H groups in total. The van der Waals surface area contributed by atoms with Gasteiger partial charge in [0.1, 0.15) is 0 Å². The molecule has 1 rings (SSSR count). The summed E-state index contributed by atoms with van der Waals surface area (Å²) in [5.41, 5.74) is 0.941. The maximum Gasteiger partial charge on any atom is 0.154 e. The Bertz CT molecular complexity index is 431. The average molecular weight is 271 g/mol. The summed E-state index contributed by atoms with van der Waals surface area (Å²) in [5, 5.41) is 2.74. The van der Waals surface area contributed by atoms with E-state index in [1.165, 1.54) is 0 Å². The number of rotatable bonds is 8. The molecule has 4 nitrogen and oxygen atoms in total. The molecule has 0 saturated carbocycles. The summed E-state index contributed by atoms with van der Waals surface area (Å²) in [6.07, 6.45) is 0.550. The molecule has 0 heterocycles. The van der Waals surface area contributed by atoms with Crippen molar-refractivity contribution in [3.63, 3.8) is 0 Å². The number of ether oxygens (including phenoxy) is 1. The van der Waals surface area contributed by atoms with Crippen molar-refractivity contribution < 1.29 is 13.2 Å². The van der Waals surface area contributed by atoms with E-state index in [-0.39, 0.29) is 5.75 Å². The van der Waals surface area contributed by atoms with Gasteiger partial charge in [0.05, 0.1) is 11.0 Å². The van der Waals surface area contributed by atoms with Crippen LogP contribution >= 0.6 is 0 Å². The van der Waals surface area contributed by atoms with Crippen LogP contribution in [0.25, 0.3) is 0 Å². The Morgan fingerprint density at radius 3 is 2.56 bits per heavy atom. The highest BCUT2D eigenvalue weighted by molar-refractivity contribution is 7.92. The van der Waals surface area contributed by atoms with Crippen molar-refractivity contribution in [3.8, 4) is 0 Å². The van der Waals surface area contributed by atoms with Crippen molar-refractivity contribution in [2.45, 2.75) is 18.6 Å². The second-order valence-corrected chi connectivity index (χ2v) is 6.81. The standard InChI is InChI=1S/C13H21NO3S/c1-12(18(15,16)10-6-9-17-2)11-14-13-7-4-3-5-8-13/h3-5,7-8,12,14H,6,9-11H2,1-2H3. The molecule has 0 bridgehead atoms. The largest absolute Gasteiger partial charge is 0.385 e. The van der Waals surface area contributed by atoms with Gasteiger partial charge in [-0.2, -0.15) is 0 Å². The maximum atomic E-state index is 11.9. The van der Waals surface area contributed by atoms with Gasteiger partial charge in [-0.05, 0) is 25.5 Å². The summed E-state index contributed by atoms with van der Waals surface area (Å²) in [6.45, 7) is 2.65. The second-order valence-electron chi connectivity index (χ2n) is 4.27. The number of methoxy groups -OCH3 is 1. The van der Waals surface area contributed by atoms with Crippen LogP contribution in [0.2, 0.25) is 0 Å². The molecule has 18 heavy (non-hydrogen) atoms. The Balaban J connectivity index is 2.42. The van der Waals surface area contributed by atoms with Crippen molar-refractivity contribution >= 4 is 15.5 Å². The smallest absolute Gasteiger partial charge is 0.154 e. The van der Waals surface area contributed by atoms with Crippen LogP contribution in [0.3, 0.4) is 0 Å². The van der Waals surface area contributed by atoms with Crippen LogP contribution < -0.4 is 5.32 Å². The Morgan fingerprint density at radius 1 is 1.28 bits per heavy atom. The van der Waals surface area contributed by atoms with Crippen molar-refractivity contribution in [3.05, 3.63) is 30.3 Å². The van der Waals surface area contributed by atoms with Crippen LogP contribution in [0.15, 0.2) is 30.3 Å². The minimum Gasteiger partial charge on any atom is -0.385 e. The van der Waals surface area contributed by atoms with Gasteiger partial charge in [0, 0.05) is 25.9 Å². The lowest BCUT2D eigenvalue weighted by molar-refractivity contribution is 0.199. The zero-order chi connectivity index (χ0) is 13.4. The first-order valence-electron chi connectivity index (χ1n) is 6.05. The molecule has 102 valence electrons. The average Bonchev–Trinajstić information content (AvgIpc) is 2.37. The normalized spacial score (nSPS) is 13.2. The van der Waals surface area contributed by atoms with E-state index in [1.807, 2.05) is 30.3 Å². The topological polar surface area (TPSA) is 55.4 Å². The molecule has 0 saturated heterocycles. The van der Waals surface area contributed by atoms with Gasteiger partial charge in [-0.25, -0.2) is 8.42 Å². The van der Waals surface area contributed by atoms with Gasteiger partial charge in [0.25, 0.3) is 0 Å². The van der Waals surface area contributed by atoms with Gasteiger partial charge in [-0.3, -0.25) is 0 Å². The molecular formula is C13H21NO3S. The minimum absolute atomic E-state index is 0.179. The Labute approximate surface area is 109 Å². The van der Waals surface area contributed by atoms with E-state index >= 15 is 0 Å². The van der Waals surface area contributed by atoms with Crippen molar-refractivity contribution in [2.24, 2.45) is 0 Å². The molecule has 1 aromatic carbocycles. The lowest BCUT2D eigenvalue weighted by Gasteiger charge is -2.14. The lowest BCUT2D eigenvalue weighted by atomic mass is 10.3. The molecule has 0 aliphatic rings. The number of benzene rings is 1. The molecule has 1 atom stereocenters. The first-order chi connectivity index (χ1) is 8.56. The predicted molar refractivity (Wildman–Crippen MR) is 74.7 cm³/mol. The van der Waals surface area contributed by atoms with Crippen LogP contribution in [0, 0.1) is 0 Å². The van der Waals surface area contributed by atoms with E-state index in [0.717, 1.165) is 5.69 Å². The first kappa shape index (κ1) is 15.0. The van der Waals surface area contributed by atoms with Gasteiger partial charge >= 0.3 is 0 Å². The van der Waals surface area contributed by atoms with E-state index in [4.69, 9.17) is 4.74 Å². The molecule has 0 amide bonds. The van der Waals surface area contributed by atoms with E-state index in [9.17, 15) is 8.42 Å². The monoisotopic (exact) mass is 271 g/mol. The number of para-hydroxylation sites is 1. The van der Waals surface area contributed by atoms with Gasteiger partial charge in [0.15, 0.2) is 9.84 Å². The molecule has 5 heteroatoms. The van der Waals surface area contributed by atoms with Crippen LogP contribution in [0.4, 0.5) is 5.69 Å². The number of anilines is 1. The fourth-order valence-electron chi connectivity index (χ4n) is 1.55. The number of hydrogen-bond donors (Lipinski definition) is 1. The zero-order valence-corrected chi connectivity index (χ0v) is 11.7. The highest BCUT2D eigenvalue weighted by Gasteiger charge is 2.19. The number of nitrogens with one attached hydrogen (secondary N) is 1. The fraction of sp³-hybridized carbons (Fsp3) is 0.538. The van der Waals surface area contributed by atoms with Crippen molar-refractivity contribution in [1.29, 1.82) is 0 Å². The summed E-state index contributed by atoms with van der Waals surface area (Å²) in [7, 11) is -1.47. The SMILES string of the molecule is COCCCS(=O)(=O)C(C)CNc1ccccc1. The molecule has 1 aromatic rings. The predicted octanol–water partition coefficient (Wildman–Crippen LogP) is 1.94. The third-order valence-electron chi connectivity index (χ3n) is 2.76.